The molecule has 0 bridgehead atoms. The molecular formula is C10H15N5. The summed E-state index contributed by atoms with van der Waals surface area (Å²) in [4.78, 5) is 0. The van der Waals surface area contributed by atoms with Crippen molar-refractivity contribution in [3.63, 3.8) is 0 Å². The van der Waals surface area contributed by atoms with Crippen molar-refractivity contribution in [2.45, 2.75) is 19.8 Å². The fraction of sp³-hybridized carbons (Fsp3) is 0.500. The first-order valence-corrected chi connectivity index (χ1v) is 5.10. The zero-order valence-electron chi connectivity index (χ0n) is 9.01. The lowest BCUT2D eigenvalue weighted by molar-refractivity contribution is 0.662. The third kappa shape index (κ3) is 1.77. The molecule has 0 aromatic carbocycles. The average molecular weight is 205 g/mol. The number of nitrogens with two attached hydrogens (primary N) is 1. The summed E-state index contributed by atoms with van der Waals surface area (Å²) >= 11 is 0. The molecule has 0 saturated carbocycles. The van der Waals surface area contributed by atoms with Crippen LogP contribution in [0.25, 0.3) is 0 Å². The van der Waals surface area contributed by atoms with Crippen LogP contribution >= 0.6 is 0 Å². The van der Waals surface area contributed by atoms with Gasteiger partial charge in [-0.3, -0.25) is 4.68 Å². The van der Waals surface area contributed by atoms with Crippen molar-refractivity contribution in [1.29, 1.82) is 0 Å². The largest absolute Gasteiger partial charge is 0.386 e. The average Bonchev–Trinajstić information content (AvgIpc) is 2.64. The quantitative estimate of drug-likeness (QED) is 0.779. The third-order valence-corrected chi connectivity index (χ3v) is 2.70. The van der Waals surface area contributed by atoms with Crippen molar-refractivity contribution in [1.82, 2.24) is 9.78 Å². The normalized spacial score (nSPS) is 21.1. The van der Waals surface area contributed by atoms with Gasteiger partial charge in [0.05, 0.1) is 11.4 Å². The molecule has 80 valence electrons. The van der Waals surface area contributed by atoms with Crippen LogP contribution in [0.5, 0.6) is 0 Å². The van der Waals surface area contributed by atoms with Gasteiger partial charge in [0.25, 0.3) is 0 Å². The van der Waals surface area contributed by atoms with E-state index in [1.807, 2.05) is 17.8 Å². The standard InChI is InChI=1S/C10H15N5/c1-3-7-6-9(11)13-14-10(7)8-4-5-12-15(8)2/h4-5,7H,3,6H2,1-2H3,(H2,11,13). The molecule has 0 aliphatic carbocycles. The Balaban J connectivity index is 2.39. The first-order chi connectivity index (χ1) is 7.22. The maximum atomic E-state index is 5.67. The van der Waals surface area contributed by atoms with Crippen molar-refractivity contribution >= 4 is 11.5 Å². The van der Waals surface area contributed by atoms with Crippen molar-refractivity contribution in [3.05, 3.63) is 18.0 Å². The van der Waals surface area contributed by atoms with E-state index < -0.39 is 0 Å². The predicted molar refractivity (Wildman–Crippen MR) is 59.8 cm³/mol. The number of aromatic nitrogens is 2. The third-order valence-electron chi connectivity index (χ3n) is 2.70. The Hall–Kier alpha value is -1.65. The van der Waals surface area contributed by atoms with Gasteiger partial charge >= 0.3 is 0 Å². The molecule has 1 atom stereocenters. The van der Waals surface area contributed by atoms with Crippen LogP contribution < -0.4 is 5.73 Å². The molecule has 0 radical (unpaired) electrons. The first-order valence-electron chi connectivity index (χ1n) is 5.10. The molecule has 1 aliphatic heterocycles. The molecule has 2 N–H and O–H groups in total. The van der Waals surface area contributed by atoms with E-state index in [-0.39, 0.29) is 0 Å². The molecule has 2 rings (SSSR count). The predicted octanol–water partition coefficient (Wildman–Crippen LogP) is 0.911. The summed E-state index contributed by atoms with van der Waals surface area (Å²) in [6.45, 7) is 2.13. The van der Waals surface area contributed by atoms with Crippen molar-refractivity contribution in [2.75, 3.05) is 0 Å². The molecule has 5 heteroatoms. The van der Waals surface area contributed by atoms with Crippen LogP contribution in [0.15, 0.2) is 22.5 Å². The van der Waals surface area contributed by atoms with Gasteiger partial charge in [-0.2, -0.15) is 10.2 Å². The Morgan fingerprint density at radius 1 is 1.53 bits per heavy atom. The van der Waals surface area contributed by atoms with Crippen LogP contribution in [0.2, 0.25) is 0 Å². The highest BCUT2D eigenvalue weighted by atomic mass is 15.3. The lowest BCUT2D eigenvalue weighted by atomic mass is 9.93. The van der Waals surface area contributed by atoms with Crippen LogP contribution in [-0.4, -0.2) is 21.3 Å². The molecule has 0 saturated heterocycles. The maximum Gasteiger partial charge on any atom is 0.123 e. The summed E-state index contributed by atoms with van der Waals surface area (Å²) < 4.78 is 1.82. The topological polar surface area (TPSA) is 68.6 Å². The van der Waals surface area contributed by atoms with Crippen LogP contribution in [-0.2, 0) is 7.05 Å². The van der Waals surface area contributed by atoms with Crippen LogP contribution in [0.4, 0.5) is 0 Å². The second-order valence-corrected chi connectivity index (χ2v) is 3.73. The summed E-state index contributed by atoms with van der Waals surface area (Å²) in [5, 5.41) is 12.3. The molecule has 0 fully saturated rings. The molecule has 2 heterocycles. The van der Waals surface area contributed by atoms with Crippen molar-refractivity contribution in [2.24, 2.45) is 28.9 Å². The Morgan fingerprint density at radius 2 is 2.33 bits per heavy atom. The lowest BCUT2D eigenvalue weighted by Gasteiger charge is -2.19. The van der Waals surface area contributed by atoms with E-state index in [9.17, 15) is 0 Å². The number of hydrogen-bond acceptors (Lipinski definition) is 4. The van der Waals surface area contributed by atoms with Gasteiger partial charge in [0, 0.05) is 25.6 Å². The zero-order valence-corrected chi connectivity index (χ0v) is 9.01. The highest BCUT2D eigenvalue weighted by Gasteiger charge is 2.23. The first kappa shape index (κ1) is 9.89. The van der Waals surface area contributed by atoms with E-state index in [2.05, 4.69) is 22.2 Å². The van der Waals surface area contributed by atoms with E-state index in [4.69, 9.17) is 5.73 Å². The molecule has 15 heavy (non-hydrogen) atoms. The SMILES string of the molecule is CCC1CC(N)=NN=C1c1ccnn1C. The Bertz CT molecular complexity index is 415. The van der Waals surface area contributed by atoms with Crippen LogP contribution in [0, 0.1) is 5.92 Å². The summed E-state index contributed by atoms with van der Waals surface area (Å²) in [5.41, 5.74) is 7.69. The molecule has 1 aliphatic rings. The molecule has 0 amide bonds. The van der Waals surface area contributed by atoms with Gasteiger partial charge in [0.15, 0.2) is 0 Å². The molecule has 1 aromatic rings. The zero-order chi connectivity index (χ0) is 10.8. The van der Waals surface area contributed by atoms with E-state index in [1.54, 1.807) is 6.20 Å². The van der Waals surface area contributed by atoms with Gasteiger partial charge in [0.2, 0.25) is 0 Å². The Morgan fingerprint density at radius 3 is 2.93 bits per heavy atom. The van der Waals surface area contributed by atoms with E-state index in [0.717, 1.165) is 24.2 Å². The molecule has 1 aromatic heterocycles. The number of nitrogens with zero attached hydrogens (tertiary/aromatic N) is 4. The second-order valence-electron chi connectivity index (χ2n) is 3.73. The lowest BCUT2D eigenvalue weighted by Crippen LogP contribution is -2.28. The van der Waals surface area contributed by atoms with E-state index in [0.29, 0.717) is 11.8 Å². The number of hydrogen-bond donors (Lipinski definition) is 1. The van der Waals surface area contributed by atoms with E-state index in [1.165, 1.54) is 0 Å². The molecule has 5 nitrogen and oxygen atoms in total. The summed E-state index contributed by atoms with van der Waals surface area (Å²) in [6, 6.07) is 1.96. The highest BCUT2D eigenvalue weighted by molar-refractivity contribution is 6.04. The van der Waals surface area contributed by atoms with Gasteiger partial charge < -0.3 is 5.73 Å². The minimum absolute atomic E-state index is 0.359. The van der Waals surface area contributed by atoms with Gasteiger partial charge in [-0.1, -0.05) is 6.92 Å². The number of aryl methyl sites for hydroxylation is 1. The van der Waals surface area contributed by atoms with Crippen LogP contribution in [0.1, 0.15) is 25.5 Å². The molecule has 0 spiro atoms. The maximum absolute atomic E-state index is 5.67. The van der Waals surface area contributed by atoms with Crippen LogP contribution in [0.3, 0.4) is 0 Å². The van der Waals surface area contributed by atoms with Gasteiger partial charge in [-0.15, -0.1) is 5.10 Å². The van der Waals surface area contributed by atoms with Gasteiger partial charge in [-0.25, -0.2) is 0 Å². The Kier molecular flexibility index (Phi) is 2.53. The highest BCUT2D eigenvalue weighted by Crippen LogP contribution is 2.20. The molecule has 1 unspecified atom stereocenters. The monoisotopic (exact) mass is 205 g/mol. The minimum Gasteiger partial charge on any atom is -0.386 e. The summed E-state index contributed by atoms with van der Waals surface area (Å²) in [5.74, 6) is 0.977. The summed E-state index contributed by atoms with van der Waals surface area (Å²) in [6.07, 6.45) is 3.58. The minimum atomic E-state index is 0.359. The second kappa shape index (κ2) is 3.84. The summed E-state index contributed by atoms with van der Waals surface area (Å²) in [7, 11) is 1.91. The Labute approximate surface area is 88.7 Å². The number of amidine groups is 1. The number of rotatable bonds is 2. The van der Waals surface area contributed by atoms with Crippen molar-refractivity contribution < 1.29 is 0 Å². The van der Waals surface area contributed by atoms with Gasteiger partial charge in [0.1, 0.15) is 5.84 Å². The smallest absolute Gasteiger partial charge is 0.123 e. The van der Waals surface area contributed by atoms with E-state index >= 15 is 0 Å². The fourth-order valence-electron chi connectivity index (χ4n) is 1.81. The van der Waals surface area contributed by atoms with Crippen molar-refractivity contribution in [3.8, 4) is 0 Å². The van der Waals surface area contributed by atoms with Gasteiger partial charge in [-0.05, 0) is 12.5 Å². The fourth-order valence-corrected chi connectivity index (χ4v) is 1.81. The molecular weight excluding hydrogens is 190 g/mol.